The van der Waals surface area contributed by atoms with Gasteiger partial charge in [-0.25, -0.2) is 0 Å². The highest BCUT2D eigenvalue weighted by Gasteiger charge is 2.28. The predicted molar refractivity (Wildman–Crippen MR) is 65.0 cm³/mol. The molecule has 1 aromatic heterocycles. The maximum atomic E-state index is 5.58. The Labute approximate surface area is 94.9 Å². The van der Waals surface area contributed by atoms with Gasteiger partial charge in [0.05, 0.1) is 13.2 Å². The van der Waals surface area contributed by atoms with E-state index in [1.165, 1.54) is 10.9 Å². The number of fused-ring (bicyclic) bond motifs is 1. The van der Waals surface area contributed by atoms with Crippen molar-refractivity contribution in [3.63, 3.8) is 0 Å². The molecule has 1 saturated heterocycles. The lowest BCUT2D eigenvalue weighted by molar-refractivity contribution is 0.365. The lowest BCUT2D eigenvalue weighted by atomic mass is 9.76. The number of aromatic nitrogens is 1. The quantitative estimate of drug-likeness (QED) is 0.769. The van der Waals surface area contributed by atoms with Crippen LogP contribution in [-0.2, 0) is 15.7 Å². The van der Waals surface area contributed by atoms with E-state index >= 15 is 0 Å². The van der Waals surface area contributed by atoms with Crippen LogP contribution in [0, 0.1) is 0 Å². The molecule has 0 amide bonds. The zero-order valence-corrected chi connectivity index (χ0v) is 9.32. The molecule has 2 aromatic rings. The van der Waals surface area contributed by atoms with Crippen molar-refractivity contribution >= 4 is 23.5 Å². The highest BCUT2D eigenvalue weighted by molar-refractivity contribution is 6.64. The zero-order valence-electron chi connectivity index (χ0n) is 9.32. The molecule has 1 N–H and O–H groups in total. The maximum Gasteiger partial charge on any atom is 0.494 e. The van der Waals surface area contributed by atoms with Crippen molar-refractivity contribution in [3.8, 4) is 0 Å². The standard InChI is InChI=1S/C12H14BNO2/c1-2-9-8-14-11-5-3-4-10(12(9)11)13-15-6-7-16-13/h3-5,8,14H,2,6-7H2,1H3. The maximum absolute atomic E-state index is 5.58. The third-order valence-electron chi connectivity index (χ3n) is 3.08. The summed E-state index contributed by atoms with van der Waals surface area (Å²) in [5, 5.41) is 1.26. The van der Waals surface area contributed by atoms with Gasteiger partial charge in [0.15, 0.2) is 0 Å². The molecule has 4 heteroatoms. The van der Waals surface area contributed by atoms with Crippen LogP contribution < -0.4 is 5.46 Å². The fourth-order valence-corrected chi connectivity index (χ4v) is 2.30. The van der Waals surface area contributed by atoms with E-state index in [4.69, 9.17) is 9.31 Å². The van der Waals surface area contributed by atoms with Gasteiger partial charge in [-0.2, -0.15) is 0 Å². The molecule has 0 radical (unpaired) electrons. The first-order valence-corrected chi connectivity index (χ1v) is 5.72. The van der Waals surface area contributed by atoms with Crippen molar-refractivity contribution in [3.05, 3.63) is 30.0 Å². The van der Waals surface area contributed by atoms with Crippen molar-refractivity contribution in [2.75, 3.05) is 13.2 Å². The van der Waals surface area contributed by atoms with Crippen LogP contribution in [0.1, 0.15) is 12.5 Å². The number of H-pyrrole nitrogens is 1. The second kappa shape index (κ2) is 3.96. The molecule has 0 atom stereocenters. The molecule has 3 rings (SSSR count). The van der Waals surface area contributed by atoms with Crippen molar-refractivity contribution in [1.29, 1.82) is 0 Å². The van der Waals surface area contributed by atoms with Gasteiger partial charge in [0, 0.05) is 17.1 Å². The largest absolute Gasteiger partial charge is 0.494 e. The van der Waals surface area contributed by atoms with E-state index in [1.54, 1.807) is 0 Å². The van der Waals surface area contributed by atoms with E-state index in [-0.39, 0.29) is 7.12 Å². The van der Waals surface area contributed by atoms with E-state index in [2.05, 4.69) is 30.2 Å². The van der Waals surface area contributed by atoms with Crippen LogP contribution in [0.5, 0.6) is 0 Å². The second-order valence-electron chi connectivity index (χ2n) is 4.01. The molecule has 0 spiro atoms. The Morgan fingerprint density at radius 3 is 2.88 bits per heavy atom. The van der Waals surface area contributed by atoms with Crippen molar-refractivity contribution in [2.45, 2.75) is 13.3 Å². The van der Waals surface area contributed by atoms with Gasteiger partial charge in [-0.05, 0) is 23.5 Å². The Kier molecular flexibility index (Phi) is 2.46. The van der Waals surface area contributed by atoms with Crippen LogP contribution >= 0.6 is 0 Å². The molecule has 16 heavy (non-hydrogen) atoms. The molecule has 1 aliphatic rings. The highest BCUT2D eigenvalue weighted by Crippen LogP contribution is 2.18. The lowest BCUT2D eigenvalue weighted by Gasteiger charge is -2.07. The predicted octanol–water partition coefficient (Wildman–Crippen LogP) is 1.47. The minimum atomic E-state index is -0.190. The Morgan fingerprint density at radius 1 is 1.31 bits per heavy atom. The van der Waals surface area contributed by atoms with E-state index in [0.717, 1.165) is 17.4 Å². The summed E-state index contributed by atoms with van der Waals surface area (Å²) in [6.07, 6.45) is 3.09. The number of rotatable bonds is 2. The topological polar surface area (TPSA) is 34.2 Å². The average molecular weight is 215 g/mol. The normalized spacial score (nSPS) is 16.2. The van der Waals surface area contributed by atoms with Gasteiger partial charge in [-0.15, -0.1) is 0 Å². The van der Waals surface area contributed by atoms with Gasteiger partial charge < -0.3 is 14.3 Å². The summed E-state index contributed by atoms with van der Waals surface area (Å²) < 4.78 is 11.2. The van der Waals surface area contributed by atoms with Crippen LogP contribution in [0.15, 0.2) is 24.4 Å². The zero-order chi connectivity index (χ0) is 11.0. The molecule has 3 nitrogen and oxygen atoms in total. The minimum absolute atomic E-state index is 0.190. The van der Waals surface area contributed by atoms with E-state index < -0.39 is 0 Å². The Bertz CT molecular complexity index is 503. The molecule has 0 unspecified atom stereocenters. The van der Waals surface area contributed by atoms with Crippen LogP contribution in [0.4, 0.5) is 0 Å². The minimum Gasteiger partial charge on any atom is -0.405 e. The third kappa shape index (κ3) is 1.46. The van der Waals surface area contributed by atoms with Crippen LogP contribution in [0.3, 0.4) is 0 Å². The first-order valence-electron chi connectivity index (χ1n) is 5.72. The monoisotopic (exact) mass is 215 g/mol. The Morgan fingerprint density at radius 2 is 2.12 bits per heavy atom. The van der Waals surface area contributed by atoms with Crippen molar-refractivity contribution < 1.29 is 9.31 Å². The second-order valence-corrected chi connectivity index (χ2v) is 4.01. The Balaban J connectivity index is 2.18. The van der Waals surface area contributed by atoms with Crippen LogP contribution in [0.2, 0.25) is 0 Å². The van der Waals surface area contributed by atoms with Gasteiger partial charge in [-0.3, -0.25) is 0 Å². The van der Waals surface area contributed by atoms with Crippen LogP contribution in [0.25, 0.3) is 10.9 Å². The summed E-state index contributed by atoms with van der Waals surface area (Å²) in [4.78, 5) is 3.29. The number of aromatic amines is 1. The third-order valence-corrected chi connectivity index (χ3v) is 3.08. The highest BCUT2D eigenvalue weighted by atomic mass is 16.6. The molecule has 1 aliphatic heterocycles. The van der Waals surface area contributed by atoms with Gasteiger partial charge in [0.1, 0.15) is 0 Å². The number of aryl methyl sites for hydroxylation is 1. The number of hydrogen-bond donors (Lipinski definition) is 1. The SMILES string of the molecule is CCc1c[nH]c2cccc(B3OCCO3)c12. The fraction of sp³-hybridized carbons (Fsp3) is 0.333. The fourth-order valence-electron chi connectivity index (χ4n) is 2.30. The van der Waals surface area contributed by atoms with Gasteiger partial charge in [0.25, 0.3) is 0 Å². The molecule has 1 aromatic carbocycles. The summed E-state index contributed by atoms with van der Waals surface area (Å²) in [5.41, 5.74) is 3.63. The lowest BCUT2D eigenvalue weighted by Crippen LogP contribution is -2.32. The van der Waals surface area contributed by atoms with Gasteiger partial charge >= 0.3 is 7.12 Å². The van der Waals surface area contributed by atoms with Crippen LogP contribution in [-0.4, -0.2) is 25.3 Å². The summed E-state index contributed by atoms with van der Waals surface area (Å²) in [6.45, 7) is 3.54. The Hall–Kier alpha value is -1.26. The molecule has 0 saturated carbocycles. The first-order chi connectivity index (χ1) is 7.90. The number of benzene rings is 1. The van der Waals surface area contributed by atoms with Gasteiger partial charge in [0.2, 0.25) is 0 Å². The molecule has 82 valence electrons. The van der Waals surface area contributed by atoms with E-state index in [0.29, 0.717) is 13.2 Å². The smallest absolute Gasteiger partial charge is 0.405 e. The molecule has 0 aliphatic carbocycles. The van der Waals surface area contributed by atoms with Gasteiger partial charge in [-0.1, -0.05) is 19.1 Å². The van der Waals surface area contributed by atoms with E-state index in [1.807, 2.05) is 6.07 Å². The summed E-state index contributed by atoms with van der Waals surface area (Å²) in [7, 11) is -0.190. The summed E-state index contributed by atoms with van der Waals surface area (Å²) >= 11 is 0. The molecule has 1 fully saturated rings. The molecular formula is C12H14BNO2. The molecule has 0 bridgehead atoms. The number of nitrogens with one attached hydrogen (secondary N) is 1. The molecular weight excluding hydrogens is 201 g/mol. The average Bonchev–Trinajstić information content (AvgIpc) is 2.97. The van der Waals surface area contributed by atoms with Crippen molar-refractivity contribution in [1.82, 2.24) is 4.98 Å². The summed E-state index contributed by atoms with van der Waals surface area (Å²) in [6, 6.07) is 6.22. The first kappa shape index (κ1) is 9.93. The molecule has 2 heterocycles. The summed E-state index contributed by atoms with van der Waals surface area (Å²) in [5.74, 6) is 0. The number of hydrogen-bond acceptors (Lipinski definition) is 2. The van der Waals surface area contributed by atoms with Crippen molar-refractivity contribution in [2.24, 2.45) is 0 Å². The van der Waals surface area contributed by atoms with E-state index in [9.17, 15) is 0 Å².